The predicted octanol–water partition coefficient (Wildman–Crippen LogP) is 7.46. The van der Waals surface area contributed by atoms with E-state index in [0.29, 0.717) is 34.6 Å². The van der Waals surface area contributed by atoms with Crippen molar-refractivity contribution in [2.75, 3.05) is 11.5 Å². The van der Waals surface area contributed by atoms with Gasteiger partial charge in [0.2, 0.25) is 0 Å². The molecule has 1 aliphatic rings. The molecule has 0 spiro atoms. The largest absolute Gasteiger partial charge is 0.490 e. The molecular formula is C32H24ClF3N2O5. The Morgan fingerprint density at radius 3 is 2.44 bits per heavy atom. The van der Waals surface area contributed by atoms with Crippen molar-refractivity contribution in [3.05, 3.63) is 106 Å². The summed E-state index contributed by atoms with van der Waals surface area (Å²) >= 11 is 6.07. The molecule has 11 heteroatoms. The van der Waals surface area contributed by atoms with Crippen LogP contribution in [0.5, 0.6) is 11.5 Å². The number of carbonyl (C=O) groups is 3. The van der Waals surface area contributed by atoms with Crippen LogP contribution in [0.3, 0.4) is 0 Å². The molecule has 220 valence electrons. The number of rotatable bonds is 7. The van der Waals surface area contributed by atoms with Gasteiger partial charge in [-0.05, 0) is 72.2 Å². The second kappa shape index (κ2) is 11.8. The predicted molar refractivity (Wildman–Crippen MR) is 156 cm³/mol. The summed E-state index contributed by atoms with van der Waals surface area (Å²) in [7, 11) is 0. The highest BCUT2D eigenvalue weighted by Gasteiger charge is 2.39. The summed E-state index contributed by atoms with van der Waals surface area (Å²) in [6.45, 7) is 4.32. The Kier molecular flexibility index (Phi) is 8.14. The van der Waals surface area contributed by atoms with E-state index in [1.807, 2.05) is 48.6 Å². The van der Waals surface area contributed by atoms with E-state index < -0.39 is 40.8 Å². The maximum atomic E-state index is 13.3. The van der Waals surface area contributed by atoms with Crippen molar-refractivity contribution in [2.45, 2.75) is 26.6 Å². The molecule has 0 atom stereocenters. The number of imide groups is 2. The van der Waals surface area contributed by atoms with Crippen LogP contribution in [0.15, 0.2) is 78.4 Å². The summed E-state index contributed by atoms with van der Waals surface area (Å²) in [5, 5.41) is 3.84. The molecule has 0 radical (unpaired) electrons. The average molecular weight is 609 g/mol. The normalized spacial score (nSPS) is 14.8. The molecule has 0 bridgehead atoms. The number of nitrogens with zero attached hydrogens (tertiary/aromatic N) is 1. The summed E-state index contributed by atoms with van der Waals surface area (Å²) in [5.74, 6) is -1.39. The van der Waals surface area contributed by atoms with Gasteiger partial charge in [0, 0.05) is 5.56 Å². The monoisotopic (exact) mass is 608 g/mol. The van der Waals surface area contributed by atoms with Crippen LogP contribution < -0.4 is 19.7 Å². The average Bonchev–Trinajstić information content (AvgIpc) is 2.96. The standard InChI is InChI=1S/C32H24ClF3N2O5/c1-3-42-28-15-19(9-13-27(28)43-17-24-18(2)8-10-20-6-4-5-7-22(20)24)14-23-29(39)37-31(41)38(30(23)40)26-16-21(32(34,35)36)11-12-25(26)33/h4-16H,3,17H2,1-2H3,(H,37,39,41)/b23-14-. The lowest BCUT2D eigenvalue weighted by Gasteiger charge is -2.27. The van der Waals surface area contributed by atoms with Crippen molar-refractivity contribution in [3.63, 3.8) is 0 Å². The summed E-state index contributed by atoms with van der Waals surface area (Å²) in [6.07, 6.45) is -3.55. The van der Waals surface area contributed by atoms with Crippen LogP contribution in [-0.4, -0.2) is 24.5 Å². The van der Waals surface area contributed by atoms with Gasteiger partial charge in [-0.15, -0.1) is 0 Å². The van der Waals surface area contributed by atoms with Crippen LogP contribution in [0, 0.1) is 6.92 Å². The van der Waals surface area contributed by atoms with Gasteiger partial charge in [0.15, 0.2) is 11.5 Å². The Morgan fingerprint density at radius 1 is 0.930 bits per heavy atom. The Hall–Kier alpha value is -4.83. The van der Waals surface area contributed by atoms with Crippen molar-refractivity contribution < 1.29 is 37.0 Å². The molecule has 0 saturated carbocycles. The van der Waals surface area contributed by atoms with Gasteiger partial charge < -0.3 is 9.47 Å². The summed E-state index contributed by atoms with van der Waals surface area (Å²) in [4.78, 5) is 39.0. The van der Waals surface area contributed by atoms with Crippen molar-refractivity contribution in [2.24, 2.45) is 0 Å². The third kappa shape index (κ3) is 6.05. The molecule has 1 aliphatic heterocycles. The molecule has 1 N–H and O–H groups in total. The van der Waals surface area contributed by atoms with Gasteiger partial charge in [-0.2, -0.15) is 13.2 Å². The molecule has 4 amide bonds. The lowest BCUT2D eigenvalue weighted by Crippen LogP contribution is -2.54. The maximum absolute atomic E-state index is 13.3. The quantitative estimate of drug-likeness (QED) is 0.174. The number of amides is 4. The number of benzene rings is 4. The number of urea groups is 1. The first kappa shape index (κ1) is 29.7. The molecule has 43 heavy (non-hydrogen) atoms. The summed E-state index contributed by atoms with van der Waals surface area (Å²) in [5.41, 5.74) is 0.287. The van der Waals surface area contributed by atoms with Crippen LogP contribution >= 0.6 is 11.6 Å². The Labute approximate surface area is 249 Å². The Bertz CT molecular complexity index is 1800. The number of ether oxygens (including phenoxy) is 2. The minimum absolute atomic E-state index is 0.253. The maximum Gasteiger partial charge on any atom is 0.416 e. The van der Waals surface area contributed by atoms with Crippen LogP contribution in [0.4, 0.5) is 23.7 Å². The zero-order valence-electron chi connectivity index (χ0n) is 22.9. The number of fused-ring (bicyclic) bond motifs is 1. The number of barbiturate groups is 1. The van der Waals surface area contributed by atoms with Gasteiger partial charge in [-0.25, -0.2) is 9.69 Å². The first-order chi connectivity index (χ1) is 20.5. The minimum Gasteiger partial charge on any atom is -0.490 e. The second-order valence-electron chi connectivity index (χ2n) is 9.63. The van der Waals surface area contributed by atoms with E-state index in [9.17, 15) is 27.6 Å². The Balaban J connectivity index is 1.46. The molecular weight excluding hydrogens is 585 g/mol. The fourth-order valence-corrected chi connectivity index (χ4v) is 4.89. The first-order valence-corrected chi connectivity index (χ1v) is 13.5. The van der Waals surface area contributed by atoms with Crippen LogP contribution in [-0.2, 0) is 22.4 Å². The van der Waals surface area contributed by atoms with Crippen molar-refractivity contribution in [3.8, 4) is 11.5 Å². The van der Waals surface area contributed by atoms with Gasteiger partial charge in [0.1, 0.15) is 12.2 Å². The van der Waals surface area contributed by atoms with Crippen molar-refractivity contribution >= 4 is 52.0 Å². The number of nitrogens with one attached hydrogen (secondary N) is 1. The van der Waals surface area contributed by atoms with Gasteiger partial charge >= 0.3 is 12.2 Å². The van der Waals surface area contributed by atoms with Crippen molar-refractivity contribution in [1.82, 2.24) is 5.32 Å². The number of hydrogen-bond acceptors (Lipinski definition) is 5. The lowest BCUT2D eigenvalue weighted by atomic mass is 10.0. The molecule has 0 unspecified atom stereocenters. The van der Waals surface area contributed by atoms with E-state index in [0.717, 1.165) is 34.0 Å². The minimum atomic E-state index is -4.76. The topological polar surface area (TPSA) is 84.9 Å². The highest BCUT2D eigenvalue weighted by atomic mass is 35.5. The fourth-order valence-electron chi connectivity index (χ4n) is 4.69. The van der Waals surface area contributed by atoms with Crippen LogP contribution in [0.2, 0.25) is 5.02 Å². The Morgan fingerprint density at radius 2 is 1.70 bits per heavy atom. The summed E-state index contributed by atoms with van der Waals surface area (Å²) < 4.78 is 51.9. The summed E-state index contributed by atoms with van der Waals surface area (Å²) in [6, 6.07) is 17.8. The van der Waals surface area contributed by atoms with Gasteiger partial charge in [0.05, 0.1) is 22.9 Å². The zero-order valence-corrected chi connectivity index (χ0v) is 23.7. The molecule has 1 saturated heterocycles. The van der Waals surface area contributed by atoms with E-state index in [-0.39, 0.29) is 11.6 Å². The number of anilines is 1. The number of carbonyl (C=O) groups excluding carboxylic acids is 3. The number of hydrogen-bond donors (Lipinski definition) is 1. The van der Waals surface area contributed by atoms with Crippen molar-refractivity contribution in [1.29, 1.82) is 0 Å². The number of halogens is 4. The zero-order chi connectivity index (χ0) is 30.9. The number of aryl methyl sites for hydroxylation is 1. The molecule has 7 nitrogen and oxygen atoms in total. The van der Waals surface area contributed by atoms with E-state index in [4.69, 9.17) is 21.1 Å². The third-order valence-corrected chi connectivity index (χ3v) is 7.16. The first-order valence-electron chi connectivity index (χ1n) is 13.1. The molecule has 0 aromatic heterocycles. The van der Waals surface area contributed by atoms with Gasteiger partial charge in [-0.3, -0.25) is 14.9 Å². The number of alkyl halides is 3. The van der Waals surface area contributed by atoms with E-state index >= 15 is 0 Å². The molecule has 4 aromatic rings. The highest BCUT2D eigenvalue weighted by molar-refractivity contribution is 6.42. The van der Waals surface area contributed by atoms with E-state index in [1.54, 1.807) is 25.1 Å². The highest BCUT2D eigenvalue weighted by Crippen LogP contribution is 2.37. The van der Waals surface area contributed by atoms with Crippen LogP contribution in [0.25, 0.3) is 16.8 Å². The lowest BCUT2D eigenvalue weighted by molar-refractivity contribution is -0.137. The molecule has 1 heterocycles. The van der Waals surface area contributed by atoms with E-state index in [2.05, 4.69) is 0 Å². The third-order valence-electron chi connectivity index (χ3n) is 6.84. The smallest absolute Gasteiger partial charge is 0.416 e. The fraction of sp³-hybridized carbons (Fsp3) is 0.156. The molecule has 5 rings (SSSR count). The second-order valence-corrected chi connectivity index (χ2v) is 10.0. The SMILES string of the molecule is CCOc1cc(/C=C2/C(=O)NC(=O)N(c3cc(C(F)(F)F)ccc3Cl)C2=O)ccc1OCc1c(C)ccc2ccccc12. The van der Waals surface area contributed by atoms with Crippen LogP contribution in [0.1, 0.15) is 29.2 Å². The van der Waals surface area contributed by atoms with Gasteiger partial charge in [-0.1, -0.05) is 54.1 Å². The van der Waals surface area contributed by atoms with E-state index in [1.165, 1.54) is 6.08 Å². The van der Waals surface area contributed by atoms with Gasteiger partial charge in [0.25, 0.3) is 11.8 Å². The molecule has 1 fully saturated rings. The molecule has 4 aromatic carbocycles. The molecule has 0 aliphatic carbocycles.